The summed E-state index contributed by atoms with van der Waals surface area (Å²) in [7, 11) is -3.37. The molecule has 0 bridgehead atoms. The monoisotopic (exact) mass is 424 g/mol. The van der Waals surface area contributed by atoms with Crippen LogP contribution < -0.4 is 10.0 Å². The van der Waals surface area contributed by atoms with Crippen LogP contribution in [0.15, 0.2) is 4.52 Å². The lowest BCUT2D eigenvalue weighted by molar-refractivity contribution is -0.162. The second-order valence-electron chi connectivity index (χ2n) is 8.83. The number of alkyl halides is 3. The van der Waals surface area contributed by atoms with Crippen molar-refractivity contribution in [2.45, 2.75) is 81.7 Å². The quantitative estimate of drug-likeness (QED) is 0.727. The van der Waals surface area contributed by atoms with Crippen LogP contribution in [-0.4, -0.2) is 42.1 Å². The van der Waals surface area contributed by atoms with Crippen molar-refractivity contribution >= 4 is 16.0 Å². The van der Waals surface area contributed by atoms with Crippen molar-refractivity contribution < 1.29 is 26.1 Å². The Labute approximate surface area is 162 Å². The normalized spacial score (nSPS) is 25.5. The minimum atomic E-state index is -4.37. The van der Waals surface area contributed by atoms with E-state index in [4.69, 9.17) is 4.52 Å². The first-order valence-electron chi connectivity index (χ1n) is 9.51. The molecule has 160 valence electrons. The lowest BCUT2D eigenvalue weighted by atomic mass is 9.86. The first kappa shape index (κ1) is 21.4. The summed E-state index contributed by atoms with van der Waals surface area (Å²) in [6, 6.07) is 0.0345. The van der Waals surface area contributed by atoms with Crippen molar-refractivity contribution in [3.8, 4) is 0 Å². The van der Waals surface area contributed by atoms with Crippen molar-refractivity contribution in [2.24, 2.45) is 5.92 Å². The van der Waals surface area contributed by atoms with Crippen molar-refractivity contribution in [3.63, 3.8) is 0 Å². The summed E-state index contributed by atoms with van der Waals surface area (Å²) in [4.78, 5) is 3.92. The van der Waals surface area contributed by atoms with Gasteiger partial charge in [0.05, 0.1) is 4.75 Å². The van der Waals surface area contributed by atoms with Gasteiger partial charge in [0.25, 0.3) is 0 Å². The van der Waals surface area contributed by atoms with E-state index in [-0.39, 0.29) is 36.6 Å². The van der Waals surface area contributed by atoms with Gasteiger partial charge in [-0.05, 0) is 65.2 Å². The van der Waals surface area contributed by atoms with Crippen LogP contribution in [0.2, 0.25) is 0 Å². The Hall–Kier alpha value is -1.36. The first-order chi connectivity index (χ1) is 12.8. The molecule has 0 radical (unpaired) electrons. The largest absolute Gasteiger partial charge is 0.401 e. The molecule has 2 fully saturated rings. The number of hydrogen-bond donors (Lipinski definition) is 2. The van der Waals surface area contributed by atoms with Crippen LogP contribution in [0.5, 0.6) is 0 Å². The summed E-state index contributed by atoms with van der Waals surface area (Å²) < 4.78 is 70.5. The molecule has 0 saturated heterocycles. The van der Waals surface area contributed by atoms with Crippen LogP contribution in [0.4, 0.5) is 19.2 Å². The van der Waals surface area contributed by atoms with E-state index in [2.05, 4.69) is 20.2 Å². The predicted octanol–water partition coefficient (Wildman–Crippen LogP) is 3.35. The number of anilines is 1. The van der Waals surface area contributed by atoms with Gasteiger partial charge < -0.3 is 9.84 Å². The third-order valence-electron chi connectivity index (χ3n) is 5.69. The van der Waals surface area contributed by atoms with Crippen molar-refractivity contribution in [3.05, 3.63) is 5.82 Å². The SMILES string of the molecule is CC(C)(C)S(=O)(=O)NCC1CCC(Nc2nc(C3(C(F)(F)F)CC3)no2)CC1. The summed E-state index contributed by atoms with van der Waals surface area (Å²) in [5, 5.41) is 6.55. The Bertz CT molecular complexity index is 789. The van der Waals surface area contributed by atoms with Gasteiger partial charge >= 0.3 is 12.2 Å². The molecule has 2 aliphatic rings. The second-order valence-corrected chi connectivity index (χ2v) is 11.3. The molecule has 28 heavy (non-hydrogen) atoms. The molecule has 1 aromatic rings. The molecule has 2 aliphatic carbocycles. The average molecular weight is 424 g/mol. The van der Waals surface area contributed by atoms with Crippen molar-refractivity contribution in [1.82, 2.24) is 14.9 Å². The van der Waals surface area contributed by atoms with Crippen LogP contribution in [0.1, 0.15) is 65.1 Å². The fourth-order valence-corrected chi connectivity index (χ4v) is 4.25. The van der Waals surface area contributed by atoms with Crippen LogP contribution in [0.25, 0.3) is 0 Å². The number of nitrogens with one attached hydrogen (secondary N) is 2. The molecule has 2 N–H and O–H groups in total. The molecule has 0 aromatic carbocycles. The van der Waals surface area contributed by atoms with E-state index in [0.29, 0.717) is 6.54 Å². The van der Waals surface area contributed by atoms with E-state index < -0.39 is 26.4 Å². The fourth-order valence-electron chi connectivity index (χ4n) is 3.36. The molecular weight excluding hydrogens is 397 g/mol. The molecular formula is C17H27F3N4O3S. The van der Waals surface area contributed by atoms with E-state index in [1.165, 1.54) is 0 Å². The summed E-state index contributed by atoms with van der Waals surface area (Å²) in [6.45, 7) is 5.35. The molecule has 2 saturated carbocycles. The van der Waals surface area contributed by atoms with Gasteiger partial charge in [-0.25, -0.2) is 13.1 Å². The van der Waals surface area contributed by atoms with Gasteiger partial charge in [0.1, 0.15) is 5.41 Å². The van der Waals surface area contributed by atoms with Gasteiger partial charge in [0, 0.05) is 12.6 Å². The molecule has 0 spiro atoms. The smallest absolute Gasteiger partial charge is 0.335 e. The van der Waals surface area contributed by atoms with Gasteiger partial charge in [0.15, 0.2) is 5.82 Å². The molecule has 3 rings (SSSR count). The van der Waals surface area contributed by atoms with E-state index in [9.17, 15) is 21.6 Å². The highest BCUT2D eigenvalue weighted by Gasteiger charge is 2.67. The highest BCUT2D eigenvalue weighted by Crippen LogP contribution is 2.58. The molecule has 11 heteroatoms. The highest BCUT2D eigenvalue weighted by atomic mass is 32.2. The lowest BCUT2D eigenvalue weighted by Crippen LogP contribution is -2.42. The van der Waals surface area contributed by atoms with Gasteiger partial charge in [0.2, 0.25) is 10.0 Å². The topological polar surface area (TPSA) is 97.1 Å². The van der Waals surface area contributed by atoms with E-state index >= 15 is 0 Å². The van der Waals surface area contributed by atoms with Crippen LogP contribution in [0.3, 0.4) is 0 Å². The highest BCUT2D eigenvalue weighted by molar-refractivity contribution is 7.90. The first-order valence-corrected chi connectivity index (χ1v) is 11.0. The van der Waals surface area contributed by atoms with Crippen LogP contribution in [-0.2, 0) is 15.4 Å². The zero-order valence-electron chi connectivity index (χ0n) is 16.3. The summed E-state index contributed by atoms with van der Waals surface area (Å²) >= 11 is 0. The minimum absolute atomic E-state index is 0.00887. The maximum absolute atomic E-state index is 13.1. The molecule has 0 aliphatic heterocycles. The maximum atomic E-state index is 13.1. The summed E-state index contributed by atoms with van der Waals surface area (Å²) in [6.07, 6.45) is -1.27. The fraction of sp³-hybridized carbons (Fsp3) is 0.882. The van der Waals surface area contributed by atoms with Crippen LogP contribution in [0, 0.1) is 5.92 Å². The van der Waals surface area contributed by atoms with E-state index in [1.54, 1.807) is 20.8 Å². The zero-order valence-corrected chi connectivity index (χ0v) is 17.1. The third kappa shape index (κ3) is 4.29. The van der Waals surface area contributed by atoms with Crippen molar-refractivity contribution in [2.75, 3.05) is 11.9 Å². The molecule has 0 atom stereocenters. The maximum Gasteiger partial charge on any atom is 0.401 e. The minimum Gasteiger partial charge on any atom is -0.335 e. The number of nitrogens with zero attached hydrogens (tertiary/aromatic N) is 2. The van der Waals surface area contributed by atoms with Crippen molar-refractivity contribution in [1.29, 1.82) is 0 Å². The van der Waals surface area contributed by atoms with E-state index in [0.717, 1.165) is 25.7 Å². The Morgan fingerprint density at radius 3 is 2.25 bits per heavy atom. The average Bonchev–Trinajstić information content (AvgIpc) is 3.28. The lowest BCUT2D eigenvalue weighted by Gasteiger charge is -2.29. The Morgan fingerprint density at radius 1 is 1.14 bits per heavy atom. The summed E-state index contributed by atoms with van der Waals surface area (Å²) in [5.41, 5.74) is -1.95. The molecule has 0 amide bonds. The molecule has 1 heterocycles. The van der Waals surface area contributed by atoms with Gasteiger partial charge in [-0.3, -0.25) is 0 Å². The standard InChI is InChI=1S/C17H27F3N4O3S/c1-15(2,3)28(25,26)21-10-11-4-6-12(7-5-11)22-14-23-13(24-27-14)16(8-9-16)17(18,19)20/h11-12,21H,4-10H2,1-3H3,(H,22,23,24). The Balaban J connectivity index is 1.48. The summed E-state index contributed by atoms with van der Waals surface area (Å²) in [5.74, 6) is -0.0684. The molecule has 0 unspecified atom stereocenters. The van der Waals surface area contributed by atoms with Crippen LogP contribution >= 0.6 is 0 Å². The number of rotatable bonds is 6. The van der Waals surface area contributed by atoms with Gasteiger partial charge in [-0.2, -0.15) is 18.2 Å². The Kier molecular flexibility index (Phi) is 5.46. The zero-order chi connectivity index (χ0) is 20.8. The molecule has 1 aromatic heterocycles. The number of aromatic nitrogens is 2. The van der Waals surface area contributed by atoms with E-state index in [1.807, 2.05) is 0 Å². The second kappa shape index (κ2) is 7.16. The van der Waals surface area contributed by atoms with Gasteiger partial charge in [-0.1, -0.05) is 5.16 Å². The number of halogens is 3. The van der Waals surface area contributed by atoms with Gasteiger partial charge in [-0.15, -0.1) is 0 Å². The number of hydrogen-bond acceptors (Lipinski definition) is 6. The predicted molar refractivity (Wildman–Crippen MR) is 97.3 cm³/mol. The third-order valence-corrected chi connectivity index (χ3v) is 7.85. The Morgan fingerprint density at radius 2 is 1.75 bits per heavy atom. The number of sulfonamides is 1. The molecule has 7 nitrogen and oxygen atoms in total.